The van der Waals surface area contributed by atoms with Crippen molar-refractivity contribution >= 4 is 23.2 Å². The minimum atomic E-state index is 0.0947. The number of aromatic nitrogens is 2. The molecule has 0 unspecified atom stereocenters. The lowest BCUT2D eigenvalue weighted by Crippen LogP contribution is -2.66. The van der Waals surface area contributed by atoms with Crippen LogP contribution in [-0.4, -0.2) is 14.8 Å². The van der Waals surface area contributed by atoms with Crippen molar-refractivity contribution < 1.29 is 0 Å². The first-order valence-electron chi connectivity index (χ1n) is 4.29. The Kier molecular flexibility index (Phi) is 1.34. The van der Waals surface area contributed by atoms with Crippen molar-refractivity contribution in [2.45, 2.75) is 29.6 Å². The Morgan fingerprint density at radius 2 is 1.92 bits per heavy atom. The van der Waals surface area contributed by atoms with E-state index in [2.05, 4.69) is 9.97 Å². The summed E-state index contributed by atoms with van der Waals surface area (Å²) in [5, 5.41) is 0.526. The second kappa shape index (κ2) is 2.18. The van der Waals surface area contributed by atoms with Crippen LogP contribution >= 0.6 is 23.2 Å². The number of rotatable bonds is 1. The summed E-state index contributed by atoms with van der Waals surface area (Å²) in [5.74, 6) is 0. The minimum Gasteiger partial charge on any atom is -0.241 e. The lowest BCUT2D eigenvalue weighted by molar-refractivity contribution is -0.00267. The highest BCUT2D eigenvalue weighted by molar-refractivity contribution is 6.29. The molecule has 3 saturated carbocycles. The van der Waals surface area contributed by atoms with Gasteiger partial charge in [0.05, 0.1) is 5.69 Å². The summed E-state index contributed by atoms with van der Waals surface area (Å²) in [4.78, 5) is 8.21. The molecule has 4 rings (SSSR count). The van der Waals surface area contributed by atoms with Crippen molar-refractivity contribution in [1.82, 2.24) is 9.97 Å². The van der Waals surface area contributed by atoms with E-state index in [1.54, 1.807) is 0 Å². The molecule has 0 radical (unpaired) electrons. The third-order valence-electron chi connectivity index (χ3n) is 3.14. The summed E-state index contributed by atoms with van der Waals surface area (Å²) in [5.41, 5.74) is 1.31. The van der Waals surface area contributed by atoms with E-state index >= 15 is 0 Å². The summed E-state index contributed by atoms with van der Waals surface area (Å²) in [6.45, 7) is 0. The average molecular weight is 215 g/mol. The van der Waals surface area contributed by atoms with Crippen molar-refractivity contribution in [2.75, 3.05) is 0 Å². The van der Waals surface area contributed by atoms with Crippen LogP contribution in [0.5, 0.6) is 0 Å². The van der Waals surface area contributed by atoms with Crippen LogP contribution in [0.3, 0.4) is 0 Å². The van der Waals surface area contributed by atoms with Gasteiger partial charge in [-0.2, -0.15) is 0 Å². The fraction of sp³-hybridized carbons (Fsp3) is 0.556. The number of nitrogens with zero attached hydrogens (tertiary/aromatic N) is 2. The maximum Gasteiger partial charge on any atom is 0.132 e. The van der Waals surface area contributed by atoms with Crippen LogP contribution in [0.4, 0.5) is 0 Å². The monoisotopic (exact) mass is 214 g/mol. The predicted octanol–water partition coefficient (Wildman–Crippen LogP) is 2.54. The molecule has 3 aliphatic rings. The minimum absolute atomic E-state index is 0.0947. The lowest BCUT2D eigenvalue weighted by Gasteiger charge is -2.67. The molecule has 0 amide bonds. The highest BCUT2D eigenvalue weighted by Gasteiger charge is 2.68. The molecule has 3 fully saturated rings. The van der Waals surface area contributed by atoms with Gasteiger partial charge >= 0.3 is 0 Å². The Morgan fingerprint density at radius 1 is 1.23 bits per heavy atom. The van der Waals surface area contributed by atoms with Gasteiger partial charge in [0, 0.05) is 10.3 Å². The van der Waals surface area contributed by atoms with Crippen molar-refractivity contribution in [2.24, 2.45) is 0 Å². The molecule has 2 bridgehead atoms. The molecule has 13 heavy (non-hydrogen) atoms. The number of hydrogen-bond donors (Lipinski definition) is 0. The zero-order valence-corrected chi connectivity index (χ0v) is 8.44. The maximum atomic E-state index is 6.17. The largest absolute Gasteiger partial charge is 0.241 e. The van der Waals surface area contributed by atoms with Crippen molar-refractivity contribution in [3.05, 3.63) is 23.2 Å². The normalized spacial score (nSPS) is 40.8. The number of hydrogen-bond acceptors (Lipinski definition) is 2. The summed E-state index contributed by atoms with van der Waals surface area (Å²) in [7, 11) is 0. The summed E-state index contributed by atoms with van der Waals surface area (Å²) in [6, 6.07) is 1.86. The Bertz CT molecular complexity index is 358. The topological polar surface area (TPSA) is 25.8 Å². The van der Waals surface area contributed by atoms with Gasteiger partial charge < -0.3 is 0 Å². The van der Waals surface area contributed by atoms with Gasteiger partial charge in [-0.15, -0.1) is 11.6 Å². The molecule has 1 aromatic heterocycles. The first kappa shape index (κ1) is 8.01. The fourth-order valence-electron chi connectivity index (χ4n) is 2.56. The predicted molar refractivity (Wildman–Crippen MR) is 51.2 cm³/mol. The molecule has 0 N–H and O–H groups in total. The van der Waals surface area contributed by atoms with Crippen LogP contribution in [-0.2, 0) is 5.41 Å². The quantitative estimate of drug-likeness (QED) is 0.531. The summed E-state index contributed by atoms with van der Waals surface area (Å²) < 4.78 is 0. The Labute approximate surface area is 86.3 Å². The molecule has 1 aromatic rings. The van der Waals surface area contributed by atoms with E-state index in [9.17, 15) is 0 Å². The molecule has 0 aliphatic heterocycles. The van der Waals surface area contributed by atoms with Gasteiger partial charge in [-0.1, -0.05) is 11.6 Å². The van der Waals surface area contributed by atoms with Gasteiger partial charge in [0.15, 0.2) is 0 Å². The molecule has 4 heteroatoms. The highest BCUT2D eigenvalue weighted by atomic mass is 35.5. The Hall–Kier alpha value is -0.340. The van der Waals surface area contributed by atoms with Crippen molar-refractivity contribution in [3.8, 4) is 0 Å². The molecule has 68 valence electrons. The van der Waals surface area contributed by atoms with Gasteiger partial charge in [-0.05, 0) is 25.3 Å². The molecule has 3 aliphatic carbocycles. The Morgan fingerprint density at radius 3 is 2.46 bits per heavy atom. The second-order valence-corrected chi connectivity index (χ2v) is 5.38. The van der Waals surface area contributed by atoms with Crippen LogP contribution in [0.2, 0.25) is 5.15 Å². The van der Waals surface area contributed by atoms with E-state index in [-0.39, 0.29) is 10.3 Å². The van der Waals surface area contributed by atoms with Gasteiger partial charge in [0.2, 0.25) is 0 Å². The zero-order chi connectivity index (χ0) is 9.10. The van der Waals surface area contributed by atoms with Gasteiger partial charge in [0.1, 0.15) is 11.5 Å². The number of halogens is 2. The van der Waals surface area contributed by atoms with E-state index in [4.69, 9.17) is 23.2 Å². The standard InChI is InChI=1S/C9H8Cl2N2/c10-7-1-6(12-5-13-7)8-2-9(11,3-8)4-8/h1,5H,2-4H2. The Balaban J connectivity index is 1.95. The van der Waals surface area contributed by atoms with Crippen LogP contribution in [0.15, 0.2) is 12.4 Å². The van der Waals surface area contributed by atoms with E-state index in [1.807, 2.05) is 6.07 Å². The first-order valence-corrected chi connectivity index (χ1v) is 5.05. The third kappa shape index (κ3) is 0.960. The molecule has 1 heterocycles. The van der Waals surface area contributed by atoms with Crippen LogP contribution in [0.25, 0.3) is 0 Å². The van der Waals surface area contributed by atoms with Gasteiger partial charge in [0.25, 0.3) is 0 Å². The van der Waals surface area contributed by atoms with Crippen LogP contribution in [0, 0.1) is 0 Å². The van der Waals surface area contributed by atoms with E-state index in [0.29, 0.717) is 5.15 Å². The zero-order valence-electron chi connectivity index (χ0n) is 6.93. The fourth-order valence-corrected chi connectivity index (χ4v) is 3.47. The molecule has 0 saturated heterocycles. The average Bonchev–Trinajstić information content (AvgIpc) is 1.97. The van der Waals surface area contributed by atoms with Gasteiger partial charge in [-0.3, -0.25) is 0 Å². The molecular formula is C9H8Cl2N2. The van der Waals surface area contributed by atoms with E-state index in [0.717, 1.165) is 25.0 Å². The SMILES string of the molecule is Clc1cc(C23CC(Cl)(C2)C3)ncn1. The molecular weight excluding hydrogens is 207 g/mol. The summed E-state index contributed by atoms with van der Waals surface area (Å²) >= 11 is 12.0. The molecule has 0 atom stereocenters. The third-order valence-corrected chi connectivity index (χ3v) is 3.75. The highest BCUT2D eigenvalue weighted by Crippen LogP contribution is 2.70. The first-order chi connectivity index (χ1) is 6.12. The second-order valence-electron chi connectivity index (χ2n) is 4.19. The summed E-state index contributed by atoms with van der Waals surface area (Å²) in [6.07, 6.45) is 4.68. The van der Waals surface area contributed by atoms with Crippen molar-refractivity contribution in [3.63, 3.8) is 0 Å². The van der Waals surface area contributed by atoms with E-state index in [1.165, 1.54) is 6.33 Å². The number of alkyl halides is 1. The molecule has 2 nitrogen and oxygen atoms in total. The molecule has 0 aromatic carbocycles. The van der Waals surface area contributed by atoms with Crippen molar-refractivity contribution in [1.29, 1.82) is 0 Å². The lowest BCUT2D eigenvalue weighted by atomic mass is 9.42. The maximum absolute atomic E-state index is 6.17. The van der Waals surface area contributed by atoms with E-state index < -0.39 is 0 Å². The smallest absolute Gasteiger partial charge is 0.132 e. The van der Waals surface area contributed by atoms with Crippen LogP contribution < -0.4 is 0 Å². The molecule has 0 spiro atoms. The van der Waals surface area contributed by atoms with Gasteiger partial charge in [-0.25, -0.2) is 9.97 Å². The van der Waals surface area contributed by atoms with Crippen LogP contribution in [0.1, 0.15) is 25.0 Å².